The van der Waals surface area contributed by atoms with E-state index in [1.54, 1.807) is 31.2 Å². The standard InChI is InChI=1S/C20H19FN2O3S/c1-13-3-8-19(14(2)11-13)27(24,25)23-10-9-18-17(12-23)20(26-22-18)15-4-6-16(21)7-5-15/h3-8,11H,9-10,12H2,1-2H3. The lowest BCUT2D eigenvalue weighted by molar-refractivity contribution is 0.386. The molecule has 0 atom stereocenters. The van der Waals surface area contributed by atoms with Crippen molar-refractivity contribution in [1.82, 2.24) is 9.46 Å². The third kappa shape index (κ3) is 3.17. The first-order valence-corrected chi connectivity index (χ1v) is 10.1. The van der Waals surface area contributed by atoms with Crippen molar-refractivity contribution in [2.45, 2.75) is 31.7 Å². The third-order valence-corrected chi connectivity index (χ3v) is 6.86. The van der Waals surface area contributed by atoms with E-state index < -0.39 is 10.0 Å². The van der Waals surface area contributed by atoms with E-state index in [-0.39, 0.29) is 12.4 Å². The second kappa shape index (κ2) is 6.58. The first-order chi connectivity index (χ1) is 12.9. The maximum Gasteiger partial charge on any atom is 0.243 e. The van der Waals surface area contributed by atoms with Gasteiger partial charge >= 0.3 is 0 Å². The number of aryl methyl sites for hydroxylation is 2. The Morgan fingerprint density at radius 3 is 2.56 bits per heavy atom. The minimum Gasteiger partial charge on any atom is -0.356 e. The summed E-state index contributed by atoms with van der Waals surface area (Å²) >= 11 is 0. The Kier molecular flexibility index (Phi) is 4.36. The van der Waals surface area contributed by atoms with Crippen molar-refractivity contribution in [2.24, 2.45) is 0 Å². The summed E-state index contributed by atoms with van der Waals surface area (Å²) in [4.78, 5) is 0.316. The molecule has 0 bridgehead atoms. The van der Waals surface area contributed by atoms with Crippen molar-refractivity contribution < 1.29 is 17.3 Å². The van der Waals surface area contributed by atoms with Crippen LogP contribution in [0, 0.1) is 19.7 Å². The minimum absolute atomic E-state index is 0.182. The molecule has 2 heterocycles. The zero-order valence-corrected chi connectivity index (χ0v) is 15.9. The fourth-order valence-corrected chi connectivity index (χ4v) is 5.06. The van der Waals surface area contributed by atoms with Crippen molar-refractivity contribution >= 4 is 10.0 Å². The quantitative estimate of drug-likeness (QED) is 0.686. The van der Waals surface area contributed by atoms with Crippen molar-refractivity contribution in [3.8, 4) is 11.3 Å². The molecular formula is C20H19FN2O3S. The Morgan fingerprint density at radius 1 is 1.11 bits per heavy atom. The molecular weight excluding hydrogens is 367 g/mol. The molecule has 1 aliphatic rings. The average molecular weight is 386 g/mol. The zero-order valence-electron chi connectivity index (χ0n) is 15.1. The van der Waals surface area contributed by atoms with Gasteiger partial charge in [0.2, 0.25) is 10.0 Å². The molecule has 0 aliphatic carbocycles. The molecule has 3 aromatic rings. The summed E-state index contributed by atoms with van der Waals surface area (Å²) in [6.45, 7) is 4.26. The number of nitrogens with zero attached hydrogens (tertiary/aromatic N) is 2. The number of benzene rings is 2. The Bertz CT molecular complexity index is 1100. The number of fused-ring (bicyclic) bond motifs is 1. The van der Waals surface area contributed by atoms with Gasteiger partial charge in [-0.3, -0.25) is 0 Å². The molecule has 7 heteroatoms. The fraction of sp³-hybridized carbons (Fsp3) is 0.250. The van der Waals surface area contributed by atoms with Gasteiger partial charge in [0.25, 0.3) is 0 Å². The number of rotatable bonds is 3. The molecule has 0 spiro atoms. The molecule has 0 radical (unpaired) electrons. The molecule has 0 fully saturated rings. The summed E-state index contributed by atoms with van der Waals surface area (Å²) in [7, 11) is -3.63. The van der Waals surface area contributed by atoms with Crippen LogP contribution in [0.15, 0.2) is 51.9 Å². The van der Waals surface area contributed by atoms with Crippen LogP contribution >= 0.6 is 0 Å². The van der Waals surface area contributed by atoms with Crippen LogP contribution < -0.4 is 0 Å². The lowest BCUT2D eigenvalue weighted by atomic mass is 10.0. The highest BCUT2D eigenvalue weighted by Crippen LogP contribution is 2.33. The van der Waals surface area contributed by atoms with E-state index >= 15 is 0 Å². The van der Waals surface area contributed by atoms with Crippen LogP contribution in [0.25, 0.3) is 11.3 Å². The van der Waals surface area contributed by atoms with Crippen molar-refractivity contribution in [1.29, 1.82) is 0 Å². The van der Waals surface area contributed by atoms with Gasteiger partial charge in [0.05, 0.1) is 10.6 Å². The Morgan fingerprint density at radius 2 is 1.85 bits per heavy atom. The van der Waals surface area contributed by atoms with E-state index in [4.69, 9.17) is 4.52 Å². The molecule has 140 valence electrons. The smallest absolute Gasteiger partial charge is 0.243 e. The normalized spacial score (nSPS) is 14.9. The van der Waals surface area contributed by atoms with Crippen molar-refractivity contribution in [3.05, 3.63) is 70.7 Å². The second-order valence-electron chi connectivity index (χ2n) is 6.80. The molecule has 0 saturated carbocycles. The minimum atomic E-state index is -3.63. The van der Waals surface area contributed by atoms with E-state index in [2.05, 4.69) is 5.16 Å². The van der Waals surface area contributed by atoms with Crippen LogP contribution in [0.4, 0.5) is 4.39 Å². The molecule has 2 aromatic carbocycles. The maximum atomic E-state index is 13.2. The second-order valence-corrected chi connectivity index (χ2v) is 8.71. The molecule has 0 amide bonds. The first-order valence-electron chi connectivity index (χ1n) is 8.67. The maximum absolute atomic E-state index is 13.2. The largest absolute Gasteiger partial charge is 0.356 e. The van der Waals surface area contributed by atoms with Crippen LogP contribution in [0.3, 0.4) is 0 Å². The van der Waals surface area contributed by atoms with E-state index in [0.717, 1.165) is 22.4 Å². The lowest BCUT2D eigenvalue weighted by Crippen LogP contribution is -2.36. The monoisotopic (exact) mass is 386 g/mol. The SMILES string of the molecule is Cc1ccc(S(=O)(=O)N2CCc3noc(-c4ccc(F)cc4)c3C2)c(C)c1. The summed E-state index contributed by atoms with van der Waals surface area (Å²) in [6, 6.07) is 11.2. The number of halogens is 1. The lowest BCUT2D eigenvalue weighted by Gasteiger charge is -2.26. The third-order valence-electron chi connectivity index (χ3n) is 4.86. The van der Waals surface area contributed by atoms with Crippen LogP contribution in [0.1, 0.15) is 22.4 Å². The average Bonchev–Trinajstić information content (AvgIpc) is 3.05. The molecule has 4 rings (SSSR count). The molecule has 0 N–H and O–H groups in total. The summed E-state index contributed by atoms with van der Waals surface area (Å²) in [5.74, 6) is 0.150. The van der Waals surface area contributed by atoms with E-state index in [9.17, 15) is 12.8 Å². The van der Waals surface area contributed by atoms with Crippen LogP contribution in [-0.2, 0) is 23.0 Å². The van der Waals surface area contributed by atoms with Gasteiger partial charge in [-0.1, -0.05) is 22.9 Å². The summed E-state index contributed by atoms with van der Waals surface area (Å²) in [5, 5.41) is 4.08. The summed E-state index contributed by atoms with van der Waals surface area (Å²) in [5.41, 5.74) is 3.91. The molecule has 5 nitrogen and oxygen atoms in total. The predicted octanol–water partition coefficient (Wildman–Crippen LogP) is 3.84. The number of hydrogen-bond donors (Lipinski definition) is 0. The first kappa shape index (κ1) is 17.9. The van der Waals surface area contributed by atoms with Gasteiger partial charge in [-0.2, -0.15) is 4.31 Å². The zero-order chi connectivity index (χ0) is 19.2. The highest BCUT2D eigenvalue weighted by molar-refractivity contribution is 7.89. The van der Waals surface area contributed by atoms with Crippen LogP contribution in [0.2, 0.25) is 0 Å². The fourth-order valence-electron chi connectivity index (χ4n) is 3.45. The highest BCUT2D eigenvalue weighted by atomic mass is 32.2. The Balaban J connectivity index is 1.70. The molecule has 0 saturated heterocycles. The van der Waals surface area contributed by atoms with Crippen molar-refractivity contribution in [2.75, 3.05) is 6.54 Å². The number of hydrogen-bond acceptors (Lipinski definition) is 4. The van der Waals surface area contributed by atoms with Crippen LogP contribution in [0.5, 0.6) is 0 Å². The molecule has 1 aliphatic heterocycles. The van der Waals surface area contributed by atoms with Gasteiger partial charge in [-0.25, -0.2) is 12.8 Å². The molecule has 27 heavy (non-hydrogen) atoms. The molecule has 0 unspecified atom stereocenters. The number of sulfonamides is 1. The van der Waals surface area contributed by atoms with Gasteiger partial charge in [0.1, 0.15) is 5.82 Å². The summed E-state index contributed by atoms with van der Waals surface area (Å²) < 4.78 is 46.5. The van der Waals surface area contributed by atoms with Gasteiger partial charge in [0.15, 0.2) is 5.76 Å². The molecule has 1 aromatic heterocycles. The van der Waals surface area contributed by atoms with Crippen molar-refractivity contribution in [3.63, 3.8) is 0 Å². The highest BCUT2D eigenvalue weighted by Gasteiger charge is 2.33. The van der Waals surface area contributed by atoms with Gasteiger partial charge in [-0.05, 0) is 49.7 Å². The predicted molar refractivity (Wildman–Crippen MR) is 99.1 cm³/mol. The topological polar surface area (TPSA) is 63.4 Å². The number of aromatic nitrogens is 1. The van der Waals surface area contributed by atoms with E-state index in [1.165, 1.54) is 16.4 Å². The van der Waals surface area contributed by atoms with Gasteiger partial charge in [0, 0.05) is 30.6 Å². The van der Waals surface area contributed by atoms with Crippen LogP contribution in [-0.4, -0.2) is 24.4 Å². The van der Waals surface area contributed by atoms with E-state index in [1.807, 2.05) is 13.0 Å². The van der Waals surface area contributed by atoms with Gasteiger partial charge in [-0.15, -0.1) is 0 Å². The Hall–Kier alpha value is -2.51. The van der Waals surface area contributed by atoms with Gasteiger partial charge < -0.3 is 4.52 Å². The van der Waals surface area contributed by atoms with E-state index in [0.29, 0.717) is 29.2 Å². The summed E-state index contributed by atoms with van der Waals surface area (Å²) in [6.07, 6.45) is 0.476. The Labute approximate surface area is 157 Å².